The van der Waals surface area contributed by atoms with E-state index in [1.165, 1.54) is 17.8 Å². The summed E-state index contributed by atoms with van der Waals surface area (Å²) in [6.07, 6.45) is 3.45. The molecule has 0 bridgehead atoms. The Hall–Kier alpha value is -4.92. The van der Waals surface area contributed by atoms with Crippen molar-refractivity contribution in [2.75, 3.05) is 10.8 Å². The van der Waals surface area contributed by atoms with Crippen molar-refractivity contribution in [3.8, 4) is 5.69 Å². The third-order valence-corrected chi connectivity index (χ3v) is 6.81. The number of aromatic amines is 1. The first kappa shape index (κ1) is 29.1. The van der Waals surface area contributed by atoms with Crippen molar-refractivity contribution in [3.63, 3.8) is 0 Å². The number of aromatic nitrogens is 2. The van der Waals surface area contributed by atoms with Crippen LogP contribution >= 0.6 is 0 Å². The highest BCUT2D eigenvalue weighted by Crippen LogP contribution is 2.25. The van der Waals surface area contributed by atoms with Gasteiger partial charge in [-0.05, 0) is 66.8 Å². The number of aryl methyl sites for hydroxylation is 2. The molecule has 0 radical (unpaired) electrons. The molecule has 1 heterocycles. The Morgan fingerprint density at radius 3 is 2.27 bits per heavy atom. The molecule has 0 fully saturated rings. The molecule has 1 unspecified atom stereocenters. The van der Waals surface area contributed by atoms with Crippen LogP contribution in [0.2, 0.25) is 0 Å². The van der Waals surface area contributed by atoms with Gasteiger partial charge in [-0.2, -0.15) is 0 Å². The van der Waals surface area contributed by atoms with E-state index in [1.807, 2.05) is 69.3 Å². The third-order valence-electron chi connectivity index (χ3n) is 6.81. The Labute approximate surface area is 239 Å². The van der Waals surface area contributed by atoms with Crippen LogP contribution in [0.1, 0.15) is 62.4 Å². The number of carbonyl (C=O) groups is 2. The summed E-state index contributed by atoms with van der Waals surface area (Å²) in [5, 5.41) is 5.86. The number of nitrogens with zero attached hydrogens (tertiary/aromatic N) is 2. The zero-order valence-electron chi connectivity index (χ0n) is 23.7. The van der Waals surface area contributed by atoms with Gasteiger partial charge in [0.2, 0.25) is 5.91 Å². The van der Waals surface area contributed by atoms with Gasteiger partial charge < -0.3 is 10.2 Å². The molecule has 0 saturated heterocycles. The van der Waals surface area contributed by atoms with Crippen LogP contribution in [0.5, 0.6) is 0 Å². The average molecular weight is 554 g/mol. The van der Waals surface area contributed by atoms with Crippen molar-refractivity contribution in [1.82, 2.24) is 9.78 Å². The van der Waals surface area contributed by atoms with E-state index in [9.17, 15) is 14.4 Å². The molecule has 4 rings (SSSR count). The normalized spacial score (nSPS) is 11.8. The van der Waals surface area contributed by atoms with Crippen LogP contribution in [-0.2, 0) is 27.3 Å². The van der Waals surface area contributed by atoms with Gasteiger partial charge in [-0.1, -0.05) is 57.2 Å². The maximum Gasteiger partial charge on any atom is 0.341 e. The van der Waals surface area contributed by atoms with E-state index in [1.54, 1.807) is 24.3 Å². The molecule has 9 nitrogen and oxygen atoms in total. The number of hydrogen-bond donors (Lipinski definition) is 3. The lowest BCUT2D eigenvalue weighted by atomic mass is 9.99. The van der Waals surface area contributed by atoms with Crippen molar-refractivity contribution in [2.45, 2.75) is 52.9 Å². The lowest BCUT2D eigenvalue weighted by Gasteiger charge is -2.15. The molecule has 4 aromatic rings. The van der Waals surface area contributed by atoms with E-state index in [-0.39, 0.29) is 17.0 Å². The van der Waals surface area contributed by atoms with Crippen LogP contribution in [0.3, 0.4) is 0 Å². The molecule has 1 atom stereocenters. The molecular weight excluding hydrogens is 518 g/mol. The number of hydrogen-bond acceptors (Lipinski definition) is 6. The second kappa shape index (κ2) is 13.4. The summed E-state index contributed by atoms with van der Waals surface area (Å²) in [7, 11) is 0. The molecule has 1 aromatic heterocycles. The first-order valence-electron chi connectivity index (χ1n) is 13.8. The zero-order chi connectivity index (χ0) is 29.4. The summed E-state index contributed by atoms with van der Waals surface area (Å²) in [5.41, 5.74) is 7.76. The van der Waals surface area contributed by atoms with Crippen molar-refractivity contribution in [3.05, 3.63) is 106 Å². The summed E-state index contributed by atoms with van der Waals surface area (Å²) in [5.74, 6) is -1.49. The van der Waals surface area contributed by atoms with Crippen molar-refractivity contribution in [1.29, 1.82) is 0 Å². The number of H-pyrrole nitrogens is 1. The number of carbonyl (C=O) groups excluding carboxylic acids is 2. The Kier molecular flexibility index (Phi) is 9.52. The van der Waals surface area contributed by atoms with E-state index >= 15 is 0 Å². The fourth-order valence-corrected chi connectivity index (χ4v) is 4.60. The standard InChI is InChI=1S/C32H35N5O4/c1-5-22-12-8-10-14-28(22)33-20-27-30(26(7-3)32(40)41-36-29-15-11-9-13-23(29)6-2)35-37(31(27)39)25-18-16-24(17-19-25)34-21(4)38/h8-20,26,35-36H,5-7H2,1-4H3,(H,34,38). The molecule has 0 aliphatic heterocycles. The van der Waals surface area contributed by atoms with Crippen LogP contribution in [0.15, 0.2) is 82.6 Å². The molecule has 1 amide bonds. The molecule has 212 valence electrons. The Morgan fingerprint density at radius 2 is 1.61 bits per heavy atom. The summed E-state index contributed by atoms with van der Waals surface area (Å²) >= 11 is 0. The maximum atomic E-state index is 13.7. The summed E-state index contributed by atoms with van der Waals surface area (Å²) in [4.78, 5) is 48.7. The molecule has 0 aliphatic rings. The molecular formula is C32H35N5O4. The number of rotatable bonds is 11. The van der Waals surface area contributed by atoms with Crippen LogP contribution in [0.25, 0.3) is 5.69 Å². The number of nitrogens with one attached hydrogen (secondary N) is 3. The van der Waals surface area contributed by atoms with Gasteiger partial charge in [0.1, 0.15) is 5.92 Å². The molecule has 0 aliphatic carbocycles. The Balaban J connectivity index is 1.73. The Bertz CT molecular complexity index is 1600. The largest absolute Gasteiger partial charge is 0.343 e. The number of benzene rings is 3. The minimum atomic E-state index is -0.772. The quantitative estimate of drug-likeness (QED) is 0.154. The first-order chi connectivity index (χ1) is 19.9. The van der Waals surface area contributed by atoms with Crippen molar-refractivity contribution < 1.29 is 14.4 Å². The van der Waals surface area contributed by atoms with Gasteiger partial charge in [0.25, 0.3) is 5.56 Å². The second-order valence-corrected chi connectivity index (χ2v) is 9.54. The molecule has 3 aromatic carbocycles. The number of amides is 1. The maximum absolute atomic E-state index is 13.7. The summed E-state index contributed by atoms with van der Waals surface area (Å²) in [6, 6.07) is 22.2. The minimum Gasteiger partial charge on any atom is -0.343 e. The fourth-order valence-electron chi connectivity index (χ4n) is 4.60. The van der Waals surface area contributed by atoms with Gasteiger partial charge in [-0.15, -0.1) is 0 Å². The van der Waals surface area contributed by atoms with Crippen molar-refractivity contribution in [2.24, 2.45) is 4.99 Å². The van der Waals surface area contributed by atoms with Crippen molar-refractivity contribution >= 4 is 35.2 Å². The van der Waals surface area contributed by atoms with E-state index in [4.69, 9.17) is 4.84 Å². The smallest absolute Gasteiger partial charge is 0.341 e. The molecule has 0 spiro atoms. The number of anilines is 2. The summed E-state index contributed by atoms with van der Waals surface area (Å²) in [6.45, 7) is 7.35. The van der Waals surface area contributed by atoms with Crippen LogP contribution in [0, 0.1) is 0 Å². The van der Waals surface area contributed by atoms with E-state index in [0.717, 1.165) is 29.7 Å². The van der Waals surface area contributed by atoms with Gasteiger partial charge >= 0.3 is 5.97 Å². The highest BCUT2D eigenvalue weighted by Gasteiger charge is 2.28. The first-order valence-corrected chi connectivity index (χ1v) is 13.8. The fraction of sp³-hybridized carbons (Fsp3) is 0.250. The molecule has 0 saturated carbocycles. The highest BCUT2D eigenvalue weighted by atomic mass is 16.7. The number of aliphatic imine (C=N–C) groups is 1. The predicted molar refractivity (Wildman–Crippen MR) is 162 cm³/mol. The van der Waals surface area contributed by atoms with Gasteiger partial charge in [0.15, 0.2) is 0 Å². The number of para-hydroxylation sites is 2. The predicted octanol–water partition coefficient (Wildman–Crippen LogP) is 6.06. The van der Waals surface area contributed by atoms with Crippen LogP contribution < -0.4 is 16.4 Å². The van der Waals surface area contributed by atoms with E-state index < -0.39 is 11.9 Å². The SMILES string of the molecule is CCc1ccccc1N=Cc1c(C(CC)C(=O)ONc2ccccc2CC)[nH]n(-c2ccc(NC(C)=O)cc2)c1=O. The summed E-state index contributed by atoms with van der Waals surface area (Å²) < 4.78 is 1.37. The van der Waals surface area contributed by atoms with Gasteiger partial charge in [-0.25, -0.2) is 15.0 Å². The third kappa shape index (κ3) is 6.81. The van der Waals surface area contributed by atoms with Gasteiger partial charge in [0.05, 0.1) is 28.3 Å². The molecule has 3 N–H and O–H groups in total. The second-order valence-electron chi connectivity index (χ2n) is 9.54. The average Bonchev–Trinajstić information content (AvgIpc) is 3.30. The Morgan fingerprint density at radius 1 is 0.951 bits per heavy atom. The van der Waals surface area contributed by atoms with Crippen LogP contribution in [0.4, 0.5) is 17.1 Å². The lowest BCUT2D eigenvalue weighted by molar-refractivity contribution is -0.142. The van der Waals surface area contributed by atoms with Gasteiger partial charge in [-0.3, -0.25) is 19.7 Å². The zero-order valence-corrected chi connectivity index (χ0v) is 23.7. The monoisotopic (exact) mass is 553 g/mol. The highest BCUT2D eigenvalue weighted by molar-refractivity contribution is 5.89. The van der Waals surface area contributed by atoms with Crippen LogP contribution in [-0.4, -0.2) is 27.9 Å². The van der Waals surface area contributed by atoms with Gasteiger partial charge in [0, 0.05) is 18.8 Å². The molecule has 41 heavy (non-hydrogen) atoms. The topological polar surface area (TPSA) is 118 Å². The van der Waals surface area contributed by atoms with E-state index in [2.05, 4.69) is 20.9 Å². The van der Waals surface area contributed by atoms with E-state index in [0.29, 0.717) is 29.2 Å². The lowest BCUT2D eigenvalue weighted by Crippen LogP contribution is -2.21. The molecule has 9 heteroatoms. The minimum absolute atomic E-state index is 0.192.